The zero-order valence-electron chi connectivity index (χ0n) is 18.5. The fraction of sp³-hybridized carbons (Fsp3) is 0.167. The number of rotatable bonds is 6. The molecule has 0 spiro atoms. The van der Waals surface area contributed by atoms with Gasteiger partial charge in [0.2, 0.25) is 0 Å². The maximum Gasteiger partial charge on any atom is 0.416 e. The molecule has 12 heteroatoms. The van der Waals surface area contributed by atoms with Crippen LogP contribution in [0.2, 0.25) is 5.02 Å². The van der Waals surface area contributed by atoms with Crippen LogP contribution in [-0.4, -0.2) is 37.4 Å². The molecule has 0 radical (unpaired) electrons. The van der Waals surface area contributed by atoms with E-state index in [0.717, 1.165) is 28.7 Å². The van der Waals surface area contributed by atoms with E-state index in [1.54, 1.807) is 36.9 Å². The van der Waals surface area contributed by atoms with Gasteiger partial charge in [-0.3, -0.25) is 9.89 Å². The van der Waals surface area contributed by atoms with Crippen LogP contribution < -0.4 is 5.32 Å². The molecule has 7 nitrogen and oxygen atoms in total. The van der Waals surface area contributed by atoms with Crippen LogP contribution in [0.1, 0.15) is 16.7 Å². The first-order valence-electron chi connectivity index (χ1n) is 10.8. The minimum Gasteiger partial charge on any atom is -0.362 e. The van der Waals surface area contributed by atoms with E-state index in [1.165, 1.54) is 12.1 Å². The largest absolute Gasteiger partial charge is 0.416 e. The molecule has 5 rings (SSSR count). The van der Waals surface area contributed by atoms with Crippen molar-refractivity contribution in [3.63, 3.8) is 0 Å². The van der Waals surface area contributed by atoms with E-state index in [0.29, 0.717) is 29.4 Å². The SMILES string of the molecule is O=C1N=C(NCCn2ccnc2)SC1=C(Cc1ccc(Cl)cc1C(F)(F)F)c1ccc2[nH]ncc2c1. The number of imidazole rings is 1. The number of hydrogen-bond donors (Lipinski definition) is 2. The van der Waals surface area contributed by atoms with Gasteiger partial charge in [0.15, 0.2) is 5.17 Å². The lowest BCUT2D eigenvalue weighted by Crippen LogP contribution is -2.23. The standard InChI is InChI=1S/C24H18ClF3N6OS/c25-17-3-1-15(19(11-17)24(26,27)28)10-18(14-2-4-20-16(9-14)12-31-33-20)21-22(35)32-23(36-21)30-6-8-34-7-5-29-13-34/h1-5,7,9,11-13H,6,8,10H2,(H,31,33)(H,30,32,35). The molecule has 0 fully saturated rings. The molecule has 2 aromatic carbocycles. The van der Waals surface area contributed by atoms with E-state index in [1.807, 2.05) is 10.8 Å². The highest BCUT2D eigenvalue weighted by molar-refractivity contribution is 8.18. The lowest BCUT2D eigenvalue weighted by atomic mass is 9.93. The summed E-state index contributed by atoms with van der Waals surface area (Å²) in [5, 5.41) is 11.1. The number of aliphatic imine (C=N–C) groups is 1. The molecule has 0 bridgehead atoms. The average molecular weight is 531 g/mol. The summed E-state index contributed by atoms with van der Waals surface area (Å²) >= 11 is 6.99. The van der Waals surface area contributed by atoms with Crippen LogP contribution in [-0.2, 0) is 23.9 Å². The number of carbonyl (C=O) groups excluding carboxylic acids is 1. The number of alkyl halides is 3. The Hall–Kier alpha value is -3.57. The van der Waals surface area contributed by atoms with Crippen LogP contribution in [0.4, 0.5) is 13.2 Å². The number of thioether (sulfide) groups is 1. The van der Waals surface area contributed by atoms with Crippen LogP contribution >= 0.6 is 23.4 Å². The number of nitrogens with one attached hydrogen (secondary N) is 2. The second-order valence-corrected chi connectivity index (χ2v) is 9.44. The van der Waals surface area contributed by atoms with Crippen molar-refractivity contribution in [1.29, 1.82) is 0 Å². The first-order valence-corrected chi connectivity index (χ1v) is 12.0. The summed E-state index contributed by atoms with van der Waals surface area (Å²) < 4.78 is 43.3. The highest BCUT2D eigenvalue weighted by Gasteiger charge is 2.35. The summed E-state index contributed by atoms with van der Waals surface area (Å²) in [6.07, 6.45) is 2.04. The van der Waals surface area contributed by atoms with Crippen molar-refractivity contribution in [3.8, 4) is 0 Å². The van der Waals surface area contributed by atoms with Gasteiger partial charge in [0.25, 0.3) is 5.91 Å². The van der Waals surface area contributed by atoms with Crippen molar-refractivity contribution in [1.82, 2.24) is 25.1 Å². The highest BCUT2D eigenvalue weighted by atomic mass is 35.5. The van der Waals surface area contributed by atoms with Gasteiger partial charge in [-0.2, -0.15) is 23.3 Å². The number of allylic oxidation sites excluding steroid dienone is 1. The maximum atomic E-state index is 13.8. The molecule has 1 aliphatic heterocycles. The number of carbonyl (C=O) groups is 1. The van der Waals surface area contributed by atoms with Gasteiger partial charge in [0, 0.05) is 35.9 Å². The summed E-state index contributed by atoms with van der Waals surface area (Å²) in [6, 6.07) is 8.99. The molecule has 0 atom stereocenters. The number of amidine groups is 1. The second-order valence-electron chi connectivity index (χ2n) is 8.01. The Labute approximate surface area is 212 Å². The molecular weight excluding hydrogens is 513 g/mol. The number of amides is 1. The van der Waals surface area contributed by atoms with Crippen LogP contribution in [0, 0.1) is 0 Å². The zero-order valence-corrected chi connectivity index (χ0v) is 20.1. The van der Waals surface area contributed by atoms with E-state index in [9.17, 15) is 18.0 Å². The molecular formula is C24H18ClF3N6OS. The summed E-state index contributed by atoms with van der Waals surface area (Å²) in [6.45, 7) is 1.10. The Bertz CT molecular complexity index is 1490. The highest BCUT2D eigenvalue weighted by Crippen LogP contribution is 2.40. The van der Waals surface area contributed by atoms with Crippen molar-refractivity contribution in [2.75, 3.05) is 6.54 Å². The topological polar surface area (TPSA) is 88.0 Å². The Balaban J connectivity index is 1.50. The minimum absolute atomic E-state index is 0.0107. The summed E-state index contributed by atoms with van der Waals surface area (Å²) in [4.78, 5) is 21.3. The van der Waals surface area contributed by atoms with Crippen LogP contribution in [0.5, 0.6) is 0 Å². The summed E-state index contributed by atoms with van der Waals surface area (Å²) in [7, 11) is 0. The van der Waals surface area contributed by atoms with Crippen molar-refractivity contribution in [2.45, 2.75) is 19.1 Å². The lowest BCUT2D eigenvalue weighted by Gasteiger charge is -2.16. The number of H-pyrrole nitrogens is 1. The van der Waals surface area contributed by atoms with E-state index >= 15 is 0 Å². The Morgan fingerprint density at radius 2 is 2.06 bits per heavy atom. The average Bonchev–Trinajstić information content (AvgIpc) is 3.59. The number of aromatic nitrogens is 4. The fourth-order valence-corrected chi connectivity index (χ4v) is 5.00. The van der Waals surface area contributed by atoms with Gasteiger partial charge in [0.1, 0.15) is 0 Å². The Morgan fingerprint density at radius 3 is 2.83 bits per heavy atom. The quantitative estimate of drug-likeness (QED) is 0.330. The number of nitrogens with zero attached hydrogens (tertiary/aromatic N) is 4. The van der Waals surface area contributed by atoms with Crippen molar-refractivity contribution < 1.29 is 18.0 Å². The van der Waals surface area contributed by atoms with E-state index < -0.39 is 17.6 Å². The van der Waals surface area contributed by atoms with Crippen molar-refractivity contribution in [3.05, 3.63) is 87.9 Å². The Kier molecular flexibility index (Phi) is 6.59. The molecule has 0 unspecified atom stereocenters. The molecule has 1 amide bonds. The lowest BCUT2D eigenvalue weighted by molar-refractivity contribution is -0.138. The third kappa shape index (κ3) is 5.17. The normalized spacial score (nSPS) is 15.4. The van der Waals surface area contributed by atoms with Gasteiger partial charge in [-0.15, -0.1) is 0 Å². The molecule has 2 aromatic heterocycles. The molecule has 4 aromatic rings. The Morgan fingerprint density at radius 1 is 1.19 bits per heavy atom. The molecule has 0 aliphatic carbocycles. The van der Waals surface area contributed by atoms with E-state index in [4.69, 9.17) is 11.6 Å². The summed E-state index contributed by atoms with van der Waals surface area (Å²) in [5.41, 5.74) is 0.993. The van der Waals surface area contributed by atoms with Gasteiger partial charge in [-0.05, 0) is 59.1 Å². The monoisotopic (exact) mass is 530 g/mol. The number of fused-ring (bicyclic) bond motifs is 1. The van der Waals surface area contributed by atoms with Crippen LogP contribution in [0.15, 0.2) is 71.2 Å². The molecule has 0 saturated carbocycles. The maximum absolute atomic E-state index is 13.8. The number of aromatic amines is 1. The smallest absolute Gasteiger partial charge is 0.362 e. The molecule has 0 saturated heterocycles. The van der Waals surface area contributed by atoms with Crippen molar-refractivity contribution >= 4 is 50.9 Å². The first-order chi connectivity index (χ1) is 17.3. The molecule has 36 heavy (non-hydrogen) atoms. The van der Waals surface area contributed by atoms with Gasteiger partial charge in [-0.1, -0.05) is 23.7 Å². The van der Waals surface area contributed by atoms with Gasteiger partial charge in [0.05, 0.1) is 28.5 Å². The van der Waals surface area contributed by atoms with Crippen molar-refractivity contribution in [2.24, 2.45) is 4.99 Å². The van der Waals surface area contributed by atoms with E-state index in [-0.39, 0.29) is 21.9 Å². The first kappa shape index (κ1) is 24.1. The third-order valence-corrected chi connectivity index (χ3v) is 6.90. The molecule has 3 heterocycles. The van der Waals surface area contributed by atoms with Gasteiger partial charge >= 0.3 is 6.18 Å². The molecule has 1 aliphatic rings. The van der Waals surface area contributed by atoms with Crippen LogP contribution in [0.25, 0.3) is 16.5 Å². The van der Waals surface area contributed by atoms with E-state index in [2.05, 4.69) is 25.5 Å². The zero-order chi connectivity index (χ0) is 25.3. The number of halogens is 4. The van der Waals surface area contributed by atoms with Gasteiger partial charge in [-0.25, -0.2) is 4.98 Å². The molecule has 184 valence electrons. The second kappa shape index (κ2) is 9.82. The predicted molar refractivity (Wildman–Crippen MR) is 133 cm³/mol. The third-order valence-electron chi connectivity index (χ3n) is 5.61. The summed E-state index contributed by atoms with van der Waals surface area (Å²) in [5.74, 6) is -0.505. The van der Waals surface area contributed by atoms with Crippen LogP contribution in [0.3, 0.4) is 0 Å². The number of benzene rings is 2. The minimum atomic E-state index is -4.60. The fourth-order valence-electron chi connectivity index (χ4n) is 3.88. The molecule has 2 N–H and O–H groups in total. The number of hydrogen-bond acceptors (Lipinski definition) is 5. The predicted octanol–water partition coefficient (Wildman–Crippen LogP) is 5.30. The van der Waals surface area contributed by atoms with Gasteiger partial charge < -0.3 is 9.88 Å².